The Morgan fingerprint density at radius 1 is 0.667 bits per heavy atom. The normalized spacial score (nSPS) is 10.6. The minimum atomic E-state index is -0.486. The average molecular weight is 244 g/mol. The van der Waals surface area contributed by atoms with Gasteiger partial charge in [0, 0.05) is 0 Å². The van der Waals surface area contributed by atoms with Crippen molar-refractivity contribution in [2.24, 2.45) is 0 Å². The van der Waals surface area contributed by atoms with Crippen molar-refractivity contribution in [2.45, 2.75) is 20.8 Å². The topological polar surface area (TPSA) is 60.7 Å². The lowest BCUT2D eigenvalue weighted by atomic mass is 9.95. The fraction of sp³-hybridized carbons (Fsp3) is 0.200. The van der Waals surface area contributed by atoms with Crippen LogP contribution in [0.5, 0.6) is 17.2 Å². The summed E-state index contributed by atoms with van der Waals surface area (Å²) in [5.41, 5.74) is 5.01. The van der Waals surface area contributed by atoms with E-state index in [2.05, 4.69) is 6.07 Å². The summed E-state index contributed by atoms with van der Waals surface area (Å²) < 4.78 is 0. The van der Waals surface area contributed by atoms with Crippen LogP contribution < -0.4 is 0 Å². The Morgan fingerprint density at radius 2 is 1.17 bits per heavy atom. The van der Waals surface area contributed by atoms with Crippen molar-refractivity contribution in [1.29, 1.82) is 0 Å². The summed E-state index contributed by atoms with van der Waals surface area (Å²) >= 11 is 0. The lowest BCUT2D eigenvalue weighted by molar-refractivity contribution is 0.368. The minimum Gasteiger partial charge on any atom is -0.504 e. The molecule has 0 atom stereocenters. The van der Waals surface area contributed by atoms with E-state index in [1.807, 2.05) is 26.8 Å². The second-order valence-electron chi connectivity index (χ2n) is 4.61. The quantitative estimate of drug-likeness (QED) is 0.674. The zero-order valence-corrected chi connectivity index (χ0v) is 10.7. The molecular weight excluding hydrogens is 228 g/mol. The van der Waals surface area contributed by atoms with Gasteiger partial charge in [0.2, 0.25) is 0 Å². The molecule has 0 fully saturated rings. The first-order valence-corrected chi connectivity index (χ1v) is 5.73. The first-order chi connectivity index (χ1) is 8.40. The van der Waals surface area contributed by atoms with Gasteiger partial charge in [-0.05, 0) is 60.7 Å². The highest BCUT2D eigenvalue weighted by Gasteiger charge is 2.11. The van der Waals surface area contributed by atoms with Crippen LogP contribution in [0.15, 0.2) is 24.3 Å². The molecule has 3 nitrogen and oxygen atoms in total. The maximum absolute atomic E-state index is 9.55. The number of hydrogen-bond acceptors (Lipinski definition) is 3. The van der Waals surface area contributed by atoms with Gasteiger partial charge in [-0.25, -0.2) is 0 Å². The van der Waals surface area contributed by atoms with E-state index in [0.717, 1.165) is 16.7 Å². The molecule has 3 N–H and O–H groups in total. The maximum Gasteiger partial charge on any atom is 0.200 e. The van der Waals surface area contributed by atoms with E-state index in [1.165, 1.54) is 17.7 Å². The zero-order chi connectivity index (χ0) is 13.4. The van der Waals surface area contributed by atoms with Crippen molar-refractivity contribution in [2.75, 3.05) is 0 Å². The predicted molar refractivity (Wildman–Crippen MR) is 71.1 cm³/mol. The van der Waals surface area contributed by atoms with Crippen LogP contribution in [0.2, 0.25) is 0 Å². The third kappa shape index (κ3) is 1.99. The Morgan fingerprint density at radius 3 is 1.72 bits per heavy atom. The van der Waals surface area contributed by atoms with Crippen molar-refractivity contribution in [3.05, 3.63) is 41.0 Å². The van der Waals surface area contributed by atoms with Gasteiger partial charge in [0.15, 0.2) is 17.2 Å². The van der Waals surface area contributed by atoms with Crippen LogP contribution in [0.25, 0.3) is 11.1 Å². The zero-order valence-electron chi connectivity index (χ0n) is 10.7. The summed E-state index contributed by atoms with van der Waals surface area (Å²) in [5, 5.41) is 28.4. The molecule has 0 saturated carbocycles. The summed E-state index contributed by atoms with van der Waals surface area (Å²) in [5.74, 6) is -1.12. The number of phenols is 3. The number of phenolic OH excluding ortho intramolecular Hbond substituents is 3. The van der Waals surface area contributed by atoms with E-state index >= 15 is 0 Å². The summed E-state index contributed by atoms with van der Waals surface area (Å²) in [6, 6.07) is 6.97. The highest BCUT2D eigenvalue weighted by molar-refractivity contribution is 5.73. The maximum atomic E-state index is 9.55. The molecular formula is C15H16O3. The molecule has 94 valence electrons. The fourth-order valence-corrected chi connectivity index (χ4v) is 2.03. The molecule has 0 aromatic heterocycles. The summed E-state index contributed by atoms with van der Waals surface area (Å²) in [6.45, 7) is 6.03. The fourth-order valence-electron chi connectivity index (χ4n) is 2.03. The molecule has 0 spiro atoms. The lowest BCUT2D eigenvalue weighted by Crippen LogP contribution is -1.89. The number of aryl methyl sites for hydroxylation is 3. The Balaban J connectivity index is 2.66. The molecule has 2 aromatic rings. The third-order valence-electron chi connectivity index (χ3n) is 3.22. The largest absolute Gasteiger partial charge is 0.504 e. The molecule has 3 heteroatoms. The van der Waals surface area contributed by atoms with Crippen molar-refractivity contribution < 1.29 is 15.3 Å². The molecule has 18 heavy (non-hydrogen) atoms. The number of rotatable bonds is 1. The molecule has 0 bridgehead atoms. The van der Waals surface area contributed by atoms with Crippen LogP contribution in [0.1, 0.15) is 16.7 Å². The molecule has 2 aromatic carbocycles. The van der Waals surface area contributed by atoms with Crippen LogP contribution in [0.4, 0.5) is 0 Å². The van der Waals surface area contributed by atoms with E-state index in [1.54, 1.807) is 0 Å². The molecule has 0 saturated heterocycles. The summed E-state index contributed by atoms with van der Waals surface area (Å²) in [4.78, 5) is 0. The van der Waals surface area contributed by atoms with E-state index in [9.17, 15) is 15.3 Å². The van der Waals surface area contributed by atoms with Gasteiger partial charge in [0.1, 0.15) is 0 Å². The van der Waals surface area contributed by atoms with Crippen LogP contribution in [0.3, 0.4) is 0 Å². The highest BCUT2D eigenvalue weighted by Crippen LogP contribution is 2.39. The molecule has 0 unspecified atom stereocenters. The summed E-state index contributed by atoms with van der Waals surface area (Å²) in [7, 11) is 0. The lowest BCUT2D eigenvalue weighted by Gasteiger charge is -2.11. The van der Waals surface area contributed by atoms with Crippen LogP contribution in [-0.2, 0) is 0 Å². The molecule has 0 aliphatic carbocycles. The van der Waals surface area contributed by atoms with E-state index < -0.39 is 5.75 Å². The Hall–Kier alpha value is -2.16. The van der Waals surface area contributed by atoms with Crippen LogP contribution >= 0.6 is 0 Å². The van der Waals surface area contributed by atoms with Crippen LogP contribution in [0, 0.1) is 20.8 Å². The van der Waals surface area contributed by atoms with Gasteiger partial charge in [-0.15, -0.1) is 0 Å². The van der Waals surface area contributed by atoms with Crippen molar-refractivity contribution in [3.8, 4) is 28.4 Å². The average Bonchev–Trinajstić information content (AvgIpc) is 2.30. The predicted octanol–water partition coefficient (Wildman–Crippen LogP) is 3.40. The SMILES string of the molecule is Cc1cc(C)c(-c2cc(O)c(O)c(O)c2)cc1C. The van der Waals surface area contributed by atoms with E-state index in [0.29, 0.717) is 5.56 Å². The Kier molecular flexibility index (Phi) is 2.91. The molecule has 0 aliphatic rings. The molecule has 0 radical (unpaired) electrons. The van der Waals surface area contributed by atoms with Gasteiger partial charge in [0.05, 0.1) is 0 Å². The van der Waals surface area contributed by atoms with Crippen molar-refractivity contribution >= 4 is 0 Å². The Labute approximate surface area is 106 Å². The van der Waals surface area contributed by atoms with Gasteiger partial charge < -0.3 is 15.3 Å². The third-order valence-corrected chi connectivity index (χ3v) is 3.22. The van der Waals surface area contributed by atoms with Crippen molar-refractivity contribution in [1.82, 2.24) is 0 Å². The summed E-state index contributed by atoms with van der Waals surface area (Å²) in [6.07, 6.45) is 0. The Bertz CT molecular complexity index is 592. The number of hydrogen-bond donors (Lipinski definition) is 3. The minimum absolute atomic E-state index is 0.317. The smallest absolute Gasteiger partial charge is 0.200 e. The van der Waals surface area contributed by atoms with Gasteiger partial charge in [-0.2, -0.15) is 0 Å². The van der Waals surface area contributed by atoms with Gasteiger partial charge in [0.25, 0.3) is 0 Å². The molecule has 0 aliphatic heterocycles. The first-order valence-electron chi connectivity index (χ1n) is 5.73. The standard InChI is InChI=1S/C15H16O3/c1-8-4-10(3)12(5-9(8)2)11-6-13(16)15(18)14(17)7-11/h4-7,16-18H,1-3H3. The molecule has 0 amide bonds. The number of benzene rings is 2. The number of aromatic hydroxyl groups is 3. The van der Waals surface area contributed by atoms with E-state index in [4.69, 9.17) is 0 Å². The second kappa shape index (κ2) is 4.26. The molecule has 2 rings (SSSR count). The van der Waals surface area contributed by atoms with Gasteiger partial charge in [-0.3, -0.25) is 0 Å². The van der Waals surface area contributed by atoms with Gasteiger partial charge >= 0.3 is 0 Å². The highest BCUT2D eigenvalue weighted by atomic mass is 16.3. The van der Waals surface area contributed by atoms with E-state index in [-0.39, 0.29) is 11.5 Å². The first kappa shape index (κ1) is 12.3. The van der Waals surface area contributed by atoms with Crippen molar-refractivity contribution in [3.63, 3.8) is 0 Å². The monoisotopic (exact) mass is 244 g/mol. The van der Waals surface area contributed by atoms with Crippen LogP contribution in [-0.4, -0.2) is 15.3 Å². The van der Waals surface area contributed by atoms with Gasteiger partial charge in [-0.1, -0.05) is 12.1 Å². The second-order valence-corrected chi connectivity index (χ2v) is 4.61. The molecule has 0 heterocycles.